The van der Waals surface area contributed by atoms with Crippen molar-refractivity contribution in [2.75, 3.05) is 18.8 Å². The van der Waals surface area contributed by atoms with Gasteiger partial charge < -0.3 is 43.2 Å². The molecule has 1 aliphatic heterocycles. The predicted octanol–water partition coefficient (Wildman–Crippen LogP) is -2.68. The van der Waals surface area contributed by atoms with Crippen LogP contribution in [0, 0.1) is 0 Å². The van der Waals surface area contributed by atoms with Crippen molar-refractivity contribution in [3.05, 3.63) is 0 Å². The molecule has 6 amide bonds. The molecule has 15 nitrogen and oxygen atoms in total. The van der Waals surface area contributed by atoms with E-state index in [4.69, 9.17) is 11.5 Å². The molecule has 0 bridgehead atoms. The van der Waals surface area contributed by atoms with E-state index in [1.165, 1.54) is 6.92 Å². The van der Waals surface area contributed by atoms with Gasteiger partial charge in [-0.15, -0.1) is 0 Å². The Kier molecular flexibility index (Phi) is 14.1. The molecule has 220 valence electrons. The Balaban J connectivity index is 3.36. The van der Waals surface area contributed by atoms with Crippen molar-refractivity contribution in [3.63, 3.8) is 0 Å². The minimum atomic E-state index is -1.57. The van der Waals surface area contributed by atoms with E-state index in [1.54, 1.807) is 13.8 Å². The first-order valence-corrected chi connectivity index (χ1v) is 14.5. The molecular formula is C22H37N7O8S2. The Morgan fingerprint density at radius 2 is 1.69 bits per heavy atom. The second-order valence-electron chi connectivity index (χ2n) is 9.35. The zero-order valence-corrected chi connectivity index (χ0v) is 23.7. The molecule has 0 aliphatic carbocycles. The third kappa shape index (κ3) is 12.1. The second-order valence-corrected chi connectivity index (χ2v) is 12.3. The lowest BCUT2D eigenvalue weighted by Crippen LogP contribution is -2.59. The largest absolute Gasteiger partial charge is 0.481 e. The molecular weight excluding hydrogens is 554 g/mol. The molecule has 0 unspecified atom stereocenters. The van der Waals surface area contributed by atoms with Gasteiger partial charge in [0, 0.05) is 17.4 Å². The Bertz CT molecular complexity index is 949. The third-order valence-corrected chi connectivity index (χ3v) is 8.81. The molecule has 1 rings (SSSR count). The first-order valence-electron chi connectivity index (χ1n) is 12.1. The summed E-state index contributed by atoms with van der Waals surface area (Å²) in [5.41, 5.74) is 11.0. The number of nitrogens with one attached hydrogen (secondary N) is 5. The fraction of sp³-hybridized carbons (Fsp3) is 0.682. The number of rotatable bonds is 8. The number of carbonyl (C=O) groups excluding carboxylic acids is 6. The van der Waals surface area contributed by atoms with E-state index in [-0.39, 0.29) is 12.2 Å². The fourth-order valence-corrected chi connectivity index (χ4v) is 6.34. The number of nitrogens with two attached hydrogens (primary N) is 2. The summed E-state index contributed by atoms with van der Waals surface area (Å²) in [5.74, 6) is -5.94. The number of hydrogen-bond acceptors (Lipinski definition) is 10. The summed E-state index contributed by atoms with van der Waals surface area (Å²) in [6, 6.07) is -4.98. The summed E-state index contributed by atoms with van der Waals surface area (Å²) in [7, 11) is 2.21. The number of unbranched alkanes of at least 4 members (excludes halogenated alkanes) is 1. The predicted molar refractivity (Wildman–Crippen MR) is 145 cm³/mol. The van der Waals surface area contributed by atoms with Crippen molar-refractivity contribution in [2.45, 2.75) is 75.4 Å². The summed E-state index contributed by atoms with van der Waals surface area (Å²) >= 11 is 0. The molecule has 1 fully saturated rings. The van der Waals surface area contributed by atoms with Crippen LogP contribution in [0.5, 0.6) is 0 Å². The van der Waals surface area contributed by atoms with Crippen LogP contribution in [0.4, 0.5) is 0 Å². The van der Waals surface area contributed by atoms with Crippen molar-refractivity contribution in [2.24, 2.45) is 11.5 Å². The molecule has 0 radical (unpaired) electrons. The van der Waals surface area contributed by atoms with Crippen LogP contribution in [0.15, 0.2) is 0 Å². The van der Waals surface area contributed by atoms with Gasteiger partial charge in [0.05, 0.1) is 13.0 Å². The summed E-state index contributed by atoms with van der Waals surface area (Å²) in [6.07, 6.45) is 0.460. The van der Waals surface area contributed by atoms with Crippen LogP contribution in [-0.4, -0.2) is 94.3 Å². The standard InChI is InChI=1S/C22H37N7O8S2/c1-11(30)26-14-10-38-39-22(2,3)17(18(24)34)29-20(36)13(8-16(32)33)27-15(31)9-25-19(35)12(28-21(14)37)6-4-5-7-23/h12-14,17H,4-10,23H2,1-3H3,(H2,24,34)(H,25,35)(H,26,30)(H,27,31)(H,28,37)(H,29,36)(H,32,33)/t12-,13-,14-,17+/m1/s1. The summed E-state index contributed by atoms with van der Waals surface area (Å²) < 4.78 is -1.07. The lowest BCUT2D eigenvalue weighted by atomic mass is 10.0. The summed E-state index contributed by atoms with van der Waals surface area (Å²) in [4.78, 5) is 86.7. The number of carboxylic acid groups (broad SMARTS) is 1. The number of carboxylic acids is 1. The van der Waals surface area contributed by atoms with Gasteiger partial charge >= 0.3 is 5.97 Å². The number of carbonyl (C=O) groups is 7. The molecule has 1 saturated heterocycles. The Hall–Kier alpha value is -3.05. The number of primary amides is 1. The van der Waals surface area contributed by atoms with E-state index in [2.05, 4.69) is 26.6 Å². The molecule has 0 aromatic heterocycles. The Morgan fingerprint density at radius 3 is 2.26 bits per heavy atom. The Morgan fingerprint density at radius 1 is 1.03 bits per heavy atom. The molecule has 0 aromatic rings. The van der Waals surface area contributed by atoms with E-state index in [0.717, 1.165) is 21.6 Å². The van der Waals surface area contributed by atoms with Crippen LogP contribution >= 0.6 is 21.6 Å². The van der Waals surface area contributed by atoms with Crippen LogP contribution < -0.4 is 38.1 Å². The maximum atomic E-state index is 13.1. The maximum absolute atomic E-state index is 13.1. The zero-order valence-electron chi connectivity index (χ0n) is 22.0. The molecule has 39 heavy (non-hydrogen) atoms. The van der Waals surface area contributed by atoms with Gasteiger partial charge in [0.2, 0.25) is 35.4 Å². The number of aliphatic carboxylic acids is 1. The topological polar surface area (TPSA) is 252 Å². The van der Waals surface area contributed by atoms with Crippen LogP contribution in [0.3, 0.4) is 0 Å². The summed E-state index contributed by atoms with van der Waals surface area (Å²) in [5, 5.41) is 21.4. The third-order valence-electron chi connectivity index (χ3n) is 5.50. The van der Waals surface area contributed by atoms with Gasteiger partial charge in [-0.25, -0.2) is 0 Å². The molecule has 17 heteroatoms. The van der Waals surface area contributed by atoms with Gasteiger partial charge in [-0.3, -0.25) is 33.6 Å². The highest BCUT2D eigenvalue weighted by Gasteiger charge is 2.39. The highest BCUT2D eigenvalue weighted by molar-refractivity contribution is 8.77. The highest BCUT2D eigenvalue weighted by Crippen LogP contribution is 2.38. The van der Waals surface area contributed by atoms with Crippen LogP contribution in [0.1, 0.15) is 46.5 Å². The van der Waals surface area contributed by atoms with E-state index in [0.29, 0.717) is 19.4 Å². The number of hydrogen-bond donors (Lipinski definition) is 8. The van der Waals surface area contributed by atoms with Crippen LogP contribution in [-0.2, 0) is 33.6 Å². The van der Waals surface area contributed by atoms with Gasteiger partial charge in [0.15, 0.2) is 0 Å². The fourth-order valence-electron chi connectivity index (χ4n) is 3.51. The van der Waals surface area contributed by atoms with Crippen molar-refractivity contribution < 1.29 is 38.7 Å². The molecule has 0 aromatic carbocycles. The van der Waals surface area contributed by atoms with Crippen molar-refractivity contribution in [3.8, 4) is 0 Å². The molecule has 0 spiro atoms. The SMILES string of the molecule is CC(=O)N[C@@H]1CSSC(C)(C)[C@H](C(N)=O)NC(=O)[C@@H](CC(=O)O)NC(=O)CNC(=O)[C@@H](CCCCN)NC1=O. The first-order chi connectivity index (χ1) is 18.2. The minimum absolute atomic E-state index is 0.0256. The van der Waals surface area contributed by atoms with Gasteiger partial charge in [-0.1, -0.05) is 21.6 Å². The maximum Gasteiger partial charge on any atom is 0.305 e. The quantitative estimate of drug-likeness (QED) is 0.107. The van der Waals surface area contributed by atoms with Gasteiger partial charge in [-0.2, -0.15) is 0 Å². The molecule has 10 N–H and O–H groups in total. The normalized spacial score (nSPS) is 25.2. The lowest BCUT2D eigenvalue weighted by molar-refractivity contribution is -0.141. The molecule has 0 saturated carbocycles. The summed E-state index contributed by atoms with van der Waals surface area (Å²) in [6.45, 7) is 4.17. The average molecular weight is 592 g/mol. The van der Waals surface area contributed by atoms with Crippen molar-refractivity contribution in [1.82, 2.24) is 26.6 Å². The smallest absolute Gasteiger partial charge is 0.305 e. The molecule has 1 heterocycles. The molecule has 1 aliphatic rings. The minimum Gasteiger partial charge on any atom is -0.481 e. The van der Waals surface area contributed by atoms with E-state index < -0.39 is 83.3 Å². The van der Waals surface area contributed by atoms with Crippen LogP contribution in [0.25, 0.3) is 0 Å². The second kappa shape index (κ2) is 16.1. The highest BCUT2D eigenvalue weighted by atomic mass is 33.1. The van der Waals surface area contributed by atoms with Gasteiger partial charge in [-0.05, 0) is 39.7 Å². The first kappa shape index (κ1) is 34.0. The number of amides is 6. The molecule has 4 atom stereocenters. The van der Waals surface area contributed by atoms with E-state index >= 15 is 0 Å². The van der Waals surface area contributed by atoms with Gasteiger partial charge in [0.25, 0.3) is 0 Å². The lowest BCUT2D eigenvalue weighted by Gasteiger charge is -2.33. The van der Waals surface area contributed by atoms with E-state index in [1.807, 2.05) is 0 Å². The van der Waals surface area contributed by atoms with E-state index in [9.17, 15) is 38.7 Å². The van der Waals surface area contributed by atoms with Gasteiger partial charge in [0.1, 0.15) is 24.2 Å². The average Bonchev–Trinajstić information content (AvgIpc) is 2.82. The zero-order chi connectivity index (χ0) is 29.8. The van der Waals surface area contributed by atoms with Crippen molar-refractivity contribution in [1.29, 1.82) is 0 Å². The Labute approximate surface area is 233 Å². The van der Waals surface area contributed by atoms with Crippen molar-refractivity contribution >= 4 is 63.0 Å². The monoisotopic (exact) mass is 591 g/mol. The van der Waals surface area contributed by atoms with Crippen LogP contribution in [0.2, 0.25) is 0 Å².